The third kappa shape index (κ3) is 5.75. The van der Waals surface area contributed by atoms with Gasteiger partial charge in [0.1, 0.15) is 11.7 Å². The Balaban J connectivity index is 1.88. The molecule has 2 aromatic rings. The van der Waals surface area contributed by atoms with Gasteiger partial charge in [0.25, 0.3) is 0 Å². The van der Waals surface area contributed by atoms with E-state index in [1.54, 1.807) is 25.1 Å². The van der Waals surface area contributed by atoms with E-state index in [9.17, 15) is 14.7 Å². The number of Topliss-reactive ketones (excluding diaryl/α,β-unsaturated/α-hetero) is 1. The number of carbonyl (C=O) groups is 2. The maximum atomic E-state index is 13.9. The fourth-order valence-corrected chi connectivity index (χ4v) is 6.00. The number of aromatic hydroxyl groups is 1. The van der Waals surface area contributed by atoms with Gasteiger partial charge in [0, 0.05) is 23.6 Å². The van der Waals surface area contributed by atoms with Gasteiger partial charge >= 0.3 is 5.97 Å². The van der Waals surface area contributed by atoms with E-state index in [1.807, 2.05) is 26.8 Å². The second kappa shape index (κ2) is 10.9. The second-order valence-corrected chi connectivity index (χ2v) is 11.5. The van der Waals surface area contributed by atoms with Gasteiger partial charge in [0.05, 0.1) is 24.5 Å². The predicted octanol–water partition coefficient (Wildman–Crippen LogP) is 6.25. The first-order chi connectivity index (χ1) is 17.9. The monoisotopic (exact) mass is 517 g/mol. The Morgan fingerprint density at radius 2 is 1.76 bits per heavy atom. The molecule has 3 unspecified atom stereocenters. The van der Waals surface area contributed by atoms with Crippen molar-refractivity contribution < 1.29 is 24.2 Å². The Kier molecular flexibility index (Phi) is 7.93. The van der Waals surface area contributed by atoms with E-state index in [2.05, 4.69) is 32.9 Å². The predicted molar refractivity (Wildman–Crippen MR) is 149 cm³/mol. The molecule has 0 amide bonds. The lowest BCUT2D eigenvalue weighted by atomic mass is 9.68. The normalized spacial score (nSPS) is 21.7. The third-order valence-corrected chi connectivity index (χ3v) is 7.33. The molecule has 38 heavy (non-hydrogen) atoms. The minimum absolute atomic E-state index is 0.000598. The number of aryl methyl sites for hydroxylation is 3. The summed E-state index contributed by atoms with van der Waals surface area (Å²) in [6.07, 6.45) is 0.938. The Bertz CT molecular complexity index is 1290. The van der Waals surface area contributed by atoms with Gasteiger partial charge in [-0.2, -0.15) is 0 Å². The smallest absolute Gasteiger partial charge is 0.315 e. The number of hydrogen-bond acceptors (Lipinski definition) is 6. The zero-order valence-electron chi connectivity index (χ0n) is 23.6. The number of esters is 1. The van der Waals surface area contributed by atoms with E-state index in [0.29, 0.717) is 35.4 Å². The first-order valence-electron chi connectivity index (χ1n) is 13.4. The van der Waals surface area contributed by atoms with E-state index >= 15 is 0 Å². The first-order valence-corrected chi connectivity index (χ1v) is 13.4. The molecular formula is C32H39NO5. The van der Waals surface area contributed by atoms with Crippen molar-refractivity contribution in [3.8, 4) is 5.75 Å². The van der Waals surface area contributed by atoms with Gasteiger partial charge in [-0.3, -0.25) is 14.6 Å². The van der Waals surface area contributed by atoms with Crippen LogP contribution in [-0.4, -0.2) is 41.4 Å². The van der Waals surface area contributed by atoms with Crippen molar-refractivity contribution in [3.63, 3.8) is 0 Å². The molecule has 1 N–H and O–H groups in total. The summed E-state index contributed by atoms with van der Waals surface area (Å²) < 4.78 is 11.6. The topological polar surface area (TPSA) is 85.2 Å². The maximum absolute atomic E-state index is 13.9. The molecule has 1 aliphatic heterocycles. The standard InChI is InChI=1S/C32H39NO5/c1-8-37-31(36)30-25(17-38-32(5,6)7)33-24-15-22(27-19(3)12-18(2)13-20(27)4)16-26(35)29(24)28(30)21-10-9-11-23(34)14-21/h9-14,22,28,30,34H,8,15-17H2,1-7H3. The van der Waals surface area contributed by atoms with Gasteiger partial charge < -0.3 is 14.6 Å². The number of hydrogen-bond donors (Lipinski definition) is 1. The highest BCUT2D eigenvalue weighted by Crippen LogP contribution is 2.48. The molecule has 1 aliphatic carbocycles. The Morgan fingerprint density at radius 1 is 1.08 bits per heavy atom. The highest BCUT2D eigenvalue weighted by molar-refractivity contribution is 6.10. The molecule has 0 spiro atoms. The molecule has 2 aliphatic rings. The lowest BCUT2D eigenvalue weighted by Gasteiger charge is -2.38. The van der Waals surface area contributed by atoms with Crippen LogP contribution in [0.2, 0.25) is 0 Å². The number of ether oxygens (including phenoxy) is 2. The highest BCUT2D eigenvalue weighted by Gasteiger charge is 2.46. The van der Waals surface area contributed by atoms with Crippen LogP contribution < -0.4 is 0 Å². The average Bonchev–Trinajstić information content (AvgIpc) is 2.80. The summed E-state index contributed by atoms with van der Waals surface area (Å²) in [5.74, 6) is -1.81. The molecule has 0 saturated carbocycles. The van der Waals surface area contributed by atoms with Crippen molar-refractivity contribution in [1.29, 1.82) is 0 Å². The largest absolute Gasteiger partial charge is 0.508 e. The second-order valence-electron chi connectivity index (χ2n) is 11.5. The summed E-state index contributed by atoms with van der Waals surface area (Å²) in [5, 5.41) is 10.3. The van der Waals surface area contributed by atoms with Crippen molar-refractivity contribution in [3.05, 3.63) is 75.5 Å². The third-order valence-electron chi connectivity index (χ3n) is 7.33. The zero-order chi connectivity index (χ0) is 27.8. The number of phenolic OH excluding ortho intramolecular Hbond substituents is 1. The fourth-order valence-electron chi connectivity index (χ4n) is 6.00. The van der Waals surface area contributed by atoms with E-state index < -0.39 is 23.4 Å². The number of aliphatic imine (C=N–C) groups is 1. The molecular weight excluding hydrogens is 478 g/mol. The summed E-state index contributed by atoms with van der Waals surface area (Å²) in [7, 11) is 0. The first kappa shape index (κ1) is 27.8. The van der Waals surface area contributed by atoms with E-state index in [-0.39, 0.29) is 30.7 Å². The lowest BCUT2D eigenvalue weighted by molar-refractivity contribution is -0.146. The van der Waals surface area contributed by atoms with Gasteiger partial charge in [-0.25, -0.2) is 0 Å². The molecule has 202 valence electrons. The minimum atomic E-state index is -0.818. The van der Waals surface area contributed by atoms with E-state index in [0.717, 1.165) is 0 Å². The van der Waals surface area contributed by atoms with Crippen LogP contribution in [0.3, 0.4) is 0 Å². The van der Waals surface area contributed by atoms with Crippen LogP contribution in [0.15, 0.2) is 52.7 Å². The fraction of sp³-hybridized carbons (Fsp3) is 0.469. The summed E-state index contributed by atoms with van der Waals surface area (Å²) in [4.78, 5) is 32.4. The van der Waals surface area contributed by atoms with Gasteiger partial charge in [0.2, 0.25) is 0 Å². The number of carbonyl (C=O) groups excluding carboxylic acids is 2. The van der Waals surface area contributed by atoms with Crippen LogP contribution in [0.1, 0.15) is 80.2 Å². The summed E-state index contributed by atoms with van der Waals surface area (Å²) in [5.41, 5.74) is 6.79. The van der Waals surface area contributed by atoms with Crippen molar-refractivity contribution in [2.75, 3.05) is 13.2 Å². The average molecular weight is 518 g/mol. The lowest BCUT2D eigenvalue weighted by Crippen LogP contribution is -2.41. The minimum Gasteiger partial charge on any atom is -0.508 e. The van der Waals surface area contributed by atoms with Gasteiger partial charge in [-0.1, -0.05) is 29.8 Å². The molecule has 0 fully saturated rings. The molecule has 0 bridgehead atoms. The summed E-state index contributed by atoms with van der Waals surface area (Å²) in [6.45, 7) is 14.3. The Hall–Kier alpha value is -3.25. The maximum Gasteiger partial charge on any atom is 0.315 e. The van der Waals surface area contributed by atoms with Crippen LogP contribution in [0.4, 0.5) is 0 Å². The molecule has 0 saturated heterocycles. The number of phenols is 1. The number of benzene rings is 2. The molecule has 4 rings (SSSR count). The molecule has 0 radical (unpaired) electrons. The zero-order valence-corrected chi connectivity index (χ0v) is 23.6. The molecule has 3 atom stereocenters. The van der Waals surface area contributed by atoms with Crippen molar-refractivity contribution in [2.24, 2.45) is 10.9 Å². The van der Waals surface area contributed by atoms with Crippen molar-refractivity contribution in [1.82, 2.24) is 0 Å². The van der Waals surface area contributed by atoms with Gasteiger partial charge in [-0.15, -0.1) is 0 Å². The van der Waals surface area contributed by atoms with Crippen LogP contribution in [0, 0.1) is 26.7 Å². The SMILES string of the molecule is CCOC(=O)C1C(COC(C)(C)C)=NC2=C(C(=O)CC(c3c(C)cc(C)cc3C)C2)C1c1cccc(O)c1. The van der Waals surface area contributed by atoms with Crippen LogP contribution >= 0.6 is 0 Å². The number of ketones is 1. The van der Waals surface area contributed by atoms with E-state index in [4.69, 9.17) is 14.5 Å². The van der Waals surface area contributed by atoms with Gasteiger partial charge in [0.15, 0.2) is 5.78 Å². The number of allylic oxidation sites excluding steroid dienone is 2. The van der Waals surface area contributed by atoms with Crippen molar-refractivity contribution >= 4 is 17.5 Å². The molecule has 0 aromatic heterocycles. The quantitative estimate of drug-likeness (QED) is 0.458. The number of nitrogens with zero attached hydrogens (tertiary/aromatic N) is 1. The van der Waals surface area contributed by atoms with Crippen molar-refractivity contribution in [2.45, 2.75) is 78.7 Å². The Labute approximate surface area is 225 Å². The summed E-state index contributed by atoms with van der Waals surface area (Å²) >= 11 is 0. The molecule has 2 aromatic carbocycles. The molecule has 6 nitrogen and oxygen atoms in total. The van der Waals surface area contributed by atoms with Crippen LogP contribution in [0.25, 0.3) is 0 Å². The van der Waals surface area contributed by atoms with Crippen LogP contribution in [0.5, 0.6) is 5.75 Å². The Morgan fingerprint density at radius 3 is 2.37 bits per heavy atom. The highest BCUT2D eigenvalue weighted by atomic mass is 16.5. The van der Waals surface area contributed by atoms with E-state index in [1.165, 1.54) is 22.3 Å². The van der Waals surface area contributed by atoms with Crippen LogP contribution in [-0.2, 0) is 19.1 Å². The van der Waals surface area contributed by atoms with Gasteiger partial charge in [-0.05, 0) is 95.2 Å². The molecule has 1 heterocycles. The number of rotatable bonds is 6. The molecule has 6 heteroatoms. The summed E-state index contributed by atoms with van der Waals surface area (Å²) in [6, 6.07) is 11.1.